The van der Waals surface area contributed by atoms with Crippen LogP contribution in [0.3, 0.4) is 0 Å². The van der Waals surface area contributed by atoms with Crippen LogP contribution < -0.4 is 14.4 Å². The lowest BCUT2D eigenvalue weighted by Crippen LogP contribution is -2.48. The summed E-state index contributed by atoms with van der Waals surface area (Å²) in [7, 11) is 1.73. The molecule has 0 spiro atoms. The van der Waals surface area contributed by atoms with Gasteiger partial charge in [-0.2, -0.15) is 0 Å². The van der Waals surface area contributed by atoms with Crippen LogP contribution in [-0.4, -0.2) is 25.4 Å². The van der Waals surface area contributed by atoms with Crippen LogP contribution in [0.25, 0.3) is 0 Å². The highest BCUT2D eigenvalue weighted by Gasteiger charge is 2.36. The van der Waals surface area contributed by atoms with E-state index in [4.69, 9.17) is 14.5 Å². The van der Waals surface area contributed by atoms with Gasteiger partial charge in [0.25, 0.3) is 0 Å². The molecular weight excluding hydrogens is 420 g/mol. The molecule has 0 aromatic heterocycles. The van der Waals surface area contributed by atoms with E-state index in [9.17, 15) is 0 Å². The van der Waals surface area contributed by atoms with Crippen molar-refractivity contribution in [3.05, 3.63) is 77.4 Å². The number of anilines is 1. The molecule has 4 heteroatoms. The number of fused-ring (bicyclic) bond motifs is 1. The number of aliphatic imine (C=N–C) groups is 1. The molecule has 0 saturated carbocycles. The normalized spacial score (nSPS) is 17.0. The van der Waals surface area contributed by atoms with E-state index in [1.54, 1.807) is 7.11 Å². The highest BCUT2D eigenvalue weighted by atomic mass is 16.5. The van der Waals surface area contributed by atoms with Gasteiger partial charge in [0, 0.05) is 35.6 Å². The van der Waals surface area contributed by atoms with Gasteiger partial charge in [-0.05, 0) is 87.6 Å². The lowest BCUT2D eigenvalue weighted by molar-refractivity contribution is 0.372. The Balaban J connectivity index is 1.57. The van der Waals surface area contributed by atoms with E-state index in [-0.39, 0.29) is 5.54 Å². The average molecular weight is 457 g/mol. The molecule has 3 aromatic rings. The zero-order chi connectivity index (χ0) is 24.3. The van der Waals surface area contributed by atoms with Gasteiger partial charge in [-0.15, -0.1) is 0 Å². The molecule has 1 aliphatic rings. The van der Waals surface area contributed by atoms with E-state index in [1.807, 2.05) is 54.7 Å². The van der Waals surface area contributed by atoms with Crippen LogP contribution in [0.1, 0.15) is 63.1 Å². The zero-order valence-electron chi connectivity index (χ0n) is 21.3. The first-order valence-electron chi connectivity index (χ1n) is 12.2. The minimum absolute atomic E-state index is 0.130. The quantitative estimate of drug-likeness (QED) is 0.337. The summed E-state index contributed by atoms with van der Waals surface area (Å²) in [5.74, 6) is 2.96. The van der Waals surface area contributed by atoms with Gasteiger partial charge in [0.2, 0.25) is 0 Å². The largest absolute Gasteiger partial charge is 0.496 e. The second kappa shape index (κ2) is 9.92. The van der Waals surface area contributed by atoms with Crippen molar-refractivity contribution in [1.82, 2.24) is 0 Å². The maximum atomic E-state index is 5.93. The lowest BCUT2D eigenvalue weighted by Gasteiger charge is -2.47. The van der Waals surface area contributed by atoms with Gasteiger partial charge in [0.05, 0.1) is 12.8 Å². The molecule has 0 bridgehead atoms. The van der Waals surface area contributed by atoms with E-state index < -0.39 is 0 Å². The molecule has 0 saturated heterocycles. The van der Waals surface area contributed by atoms with E-state index >= 15 is 0 Å². The Labute approximate surface area is 204 Å². The molecule has 1 aliphatic heterocycles. The van der Waals surface area contributed by atoms with Gasteiger partial charge in [0.15, 0.2) is 0 Å². The van der Waals surface area contributed by atoms with Crippen LogP contribution in [0.15, 0.2) is 65.7 Å². The van der Waals surface area contributed by atoms with Crippen molar-refractivity contribution < 1.29 is 9.47 Å². The molecule has 178 valence electrons. The van der Waals surface area contributed by atoms with E-state index in [2.05, 4.69) is 51.7 Å². The second-order valence-corrected chi connectivity index (χ2v) is 9.89. The van der Waals surface area contributed by atoms with Crippen LogP contribution in [0.2, 0.25) is 0 Å². The maximum Gasteiger partial charge on any atom is 0.129 e. The van der Waals surface area contributed by atoms with Crippen molar-refractivity contribution in [2.24, 2.45) is 4.99 Å². The third kappa shape index (κ3) is 5.11. The Hall–Kier alpha value is -3.27. The van der Waals surface area contributed by atoms with Gasteiger partial charge in [0.1, 0.15) is 17.2 Å². The molecule has 0 amide bonds. The summed E-state index contributed by atoms with van der Waals surface area (Å²) in [4.78, 5) is 7.27. The molecule has 0 aliphatic carbocycles. The van der Waals surface area contributed by atoms with Crippen LogP contribution in [0, 0.1) is 6.92 Å². The van der Waals surface area contributed by atoms with Crippen LogP contribution in [0.4, 0.5) is 11.4 Å². The Morgan fingerprint density at radius 3 is 2.29 bits per heavy atom. The SMILES string of the molecule is CCCN1c2cc(OC)c(C=Nc3ccc(Oc4ccc(C)cc4)cc3)cc2C(C)CC1(C)C. The summed E-state index contributed by atoms with van der Waals surface area (Å²) in [6.07, 6.45) is 4.16. The molecule has 1 heterocycles. The van der Waals surface area contributed by atoms with Crippen molar-refractivity contribution in [3.63, 3.8) is 0 Å². The maximum absolute atomic E-state index is 5.93. The van der Waals surface area contributed by atoms with E-state index in [0.717, 1.165) is 47.9 Å². The molecule has 4 nitrogen and oxygen atoms in total. The second-order valence-electron chi connectivity index (χ2n) is 9.89. The number of nitrogens with zero attached hydrogens (tertiary/aromatic N) is 2. The zero-order valence-corrected chi connectivity index (χ0v) is 21.3. The van der Waals surface area contributed by atoms with Gasteiger partial charge in [-0.1, -0.05) is 31.5 Å². The molecule has 3 aromatic carbocycles. The summed E-state index contributed by atoms with van der Waals surface area (Å²) >= 11 is 0. The first-order valence-corrected chi connectivity index (χ1v) is 12.2. The summed E-state index contributed by atoms with van der Waals surface area (Å²) in [6, 6.07) is 20.3. The minimum atomic E-state index is 0.130. The van der Waals surface area contributed by atoms with Crippen LogP contribution >= 0.6 is 0 Å². The first kappa shape index (κ1) is 23.9. The molecule has 1 unspecified atom stereocenters. The van der Waals surface area contributed by atoms with Crippen molar-refractivity contribution in [3.8, 4) is 17.2 Å². The van der Waals surface area contributed by atoms with E-state index in [1.165, 1.54) is 16.8 Å². The molecule has 0 fully saturated rings. The molecule has 0 N–H and O–H groups in total. The summed E-state index contributed by atoms with van der Waals surface area (Å²) < 4.78 is 11.7. The number of hydrogen-bond donors (Lipinski definition) is 0. The third-order valence-electron chi connectivity index (χ3n) is 6.63. The highest BCUT2D eigenvalue weighted by molar-refractivity contribution is 5.88. The fraction of sp³-hybridized carbons (Fsp3) is 0.367. The number of aryl methyl sites for hydroxylation is 1. The predicted octanol–water partition coefficient (Wildman–Crippen LogP) is 8.05. The van der Waals surface area contributed by atoms with E-state index in [0.29, 0.717) is 5.92 Å². The summed E-state index contributed by atoms with van der Waals surface area (Å²) in [6.45, 7) is 12.4. The summed E-state index contributed by atoms with van der Waals surface area (Å²) in [5, 5.41) is 0. The smallest absolute Gasteiger partial charge is 0.129 e. The molecule has 34 heavy (non-hydrogen) atoms. The van der Waals surface area contributed by atoms with Gasteiger partial charge < -0.3 is 14.4 Å². The molecule has 0 radical (unpaired) electrons. The monoisotopic (exact) mass is 456 g/mol. The standard InChI is InChI=1S/C30H36N2O2/c1-7-16-32-28-18-29(33-6)23(17-27(28)22(3)19-30(32,4)5)20-31-24-10-14-26(15-11-24)34-25-12-8-21(2)9-13-25/h8-15,17-18,20,22H,7,16,19H2,1-6H3. The third-order valence-corrected chi connectivity index (χ3v) is 6.63. The molecule has 1 atom stereocenters. The first-order chi connectivity index (χ1) is 16.3. The van der Waals surface area contributed by atoms with Crippen molar-refractivity contribution in [2.75, 3.05) is 18.6 Å². The summed E-state index contributed by atoms with van der Waals surface area (Å²) in [5.41, 5.74) is 5.88. The van der Waals surface area contributed by atoms with Crippen LogP contribution in [0.5, 0.6) is 17.2 Å². The molecule has 4 rings (SSSR count). The average Bonchev–Trinajstić information content (AvgIpc) is 2.82. The Morgan fingerprint density at radius 2 is 1.68 bits per heavy atom. The fourth-order valence-electron chi connectivity index (χ4n) is 4.94. The van der Waals surface area contributed by atoms with Crippen molar-refractivity contribution >= 4 is 17.6 Å². The Bertz CT molecular complexity index is 1150. The number of methoxy groups -OCH3 is 1. The fourth-order valence-corrected chi connectivity index (χ4v) is 4.94. The number of hydrogen-bond acceptors (Lipinski definition) is 4. The number of benzene rings is 3. The number of rotatable bonds is 7. The number of ether oxygens (including phenoxy) is 2. The lowest BCUT2D eigenvalue weighted by atomic mass is 9.79. The Morgan fingerprint density at radius 1 is 1.03 bits per heavy atom. The Kier molecular flexibility index (Phi) is 6.97. The molecular formula is C30H36N2O2. The van der Waals surface area contributed by atoms with Gasteiger partial charge in [-0.25, -0.2) is 0 Å². The predicted molar refractivity (Wildman–Crippen MR) is 143 cm³/mol. The topological polar surface area (TPSA) is 34.1 Å². The van der Waals surface area contributed by atoms with Gasteiger partial charge >= 0.3 is 0 Å². The van der Waals surface area contributed by atoms with Crippen molar-refractivity contribution in [1.29, 1.82) is 0 Å². The van der Waals surface area contributed by atoms with Crippen molar-refractivity contribution in [2.45, 2.75) is 58.9 Å². The highest BCUT2D eigenvalue weighted by Crippen LogP contribution is 2.45. The minimum Gasteiger partial charge on any atom is -0.496 e. The van der Waals surface area contributed by atoms with Crippen LogP contribution in [-0.2, 0) is 0 Å². The van der Waals surface area contributed by atoms with Gasteiger partial charge in [-0.3, -0.25) is 4.99 Å².